The molecule has 0 spiro atoms. The molecule has 0 amide bonds. The highest BCUT2D eigenvalue weighted by Gasteiger charge is 2.04. The van der Waals surface area contributed by atoms with E-state index in [9.17, 15) is 0 Å². The highest BCUT2D eigenvalue weighted by molar-refractivity contribution is 9.10. The van der Waals surface area contributed by atoms with Crippen LogP contribution in [0.3, 0.4) is 0 Å². The van der Waals surface area contributed by atoms with Gasteiger partial charge < -0.3 is 10.5 Å². The Bertz CT molecular complexity index is 555. The van der Waals surface area contributed by atoms with Crippen LogP contribution in [-0.4, -0.2) is 0 Å². The van der Waals surface area contributed by atoms with Gasteiger partial charge in [-0.1, -0.05) is 45.2 Å². The Morgan fingerprint density at radius 3 is 2.22 bits per heavy atom. The molecule has 2 rings (SSSR count). The molecule has 2 N–H and O–H groups in total. The third-order valence-corrected chi connectivity index (χ3v) is 3.49. The largest absolute Gasteiger partial charge is 0.457 e. The summed E-state index contributed by atoms with van der Waals surface area (Å²) < 4.78 is 6.59. The van der Waals surface area contributed by atoms with Gasteiger partial charge in [0.2, 0.25) is 0 Å². The molecule has 2 nitrogen and oxygen atoms in total. The van der Waals surface area contributed by atoms with Gasteiger partial charge in [0.1, 0.15) is 11.5 Å². The Labute approximate surface area is 124 Å². The molecule has 0 aliphatic rings. The predicted octanol–water partition coefficient (Wildman–Crippen LogP) is 5.01. The maximum Gasteiger partial charge on any atom is 0.130 e. The smallest absolute Gasteiger partial charge is 0.130 e. The van der Waals surface area contributed by atoms with E-state index in [4.69, 9.17) is 33.7 Å². The number of rotatable bonds is 3. The van der Waals surface area contributed by atoms with Gasteiger partial charge in [0.25, 0.3) is 0 Å². The van der Waals surface area contributed by atoms with Crippen molar-refractivity contribution >= 4 is 39.1 Å². The normalized spacial score (nSPS) is 10.4. The third kappa shape index (κ3) is 3.39. The van der Waals surface area contributed by atoms with Crippen LogP contribution in [0.1, 0.15) is 5.56 Å². The summed E-state index contributed by atoms with van der Waals surface area (Å²) in [6.45, 7) is 0.476. The molecular weight excluding hydrogens is 337 g/mol. The van der Waals surface area contributed by atoms with Gasteiger partial charge in [0.15, 0.2) is 0 Å². The van der Waals surface area contributed by atoms with Crippen LogP contribution in [0.2, 0.25) is 10.0 Å². The lowest BCUT2D eigenvalue weighted by molar-refractivity contribution is 0.482. The van der Waals surface area contributed by atoms with E-state index in [1.807, 2.05) is 18.2 Å². The molecule has 0 aliphatic heterocycles. The van der Waals surface area contributed by atoms with Crippen LogP contribution < -0.4 is 10.5 Å². The van der Waals surface area contributed by atoms with Crippen molar-refractivity contribution in [3.8, 4) is 11.5 Å². The predicted molar refractivity (Wildman–Crippen MR) is 78.6 cm³/mol. The van der Waals surface area contributed by atoms with E-state index in [0.29, 0.717) is 28.1 Å². The first kappa shape index (κ1) is 13.7. The first-order valence-electron chi connectivity index (χ1n) is 5.21. The number of ether oxygens (including phenoxy) is 1. The van der Waals surface area contributed by atoms with E-state index in [0.717, 1.165) is 10.0 Å². The van der Waals surface area contributed by atoms with E-state index in [2.05, 4.69) is 15.9 Å². The second-order valence-corrected chi connectivity index (χ2v) is 5.39. The zero-order valence-corrected chi connectivity index (χ0v) is 12.4. The van der Waals surface area contributed by atoms with Crippen molar-refractivity contribution in [2.45, 2.75) is 6.54 Å². The van der Waals surface area contributed by atoms with Crippen LogP contribution in [0, 0.1) is 0 Å². The van der Waals surface area contributed by atoms with Crippen molar-refractivity contribution in [1.29, 1.82) is 0 Å². The molecule has 0 radical (unpaired) electrons. The molecule has 5 heteroatoms. The van der Waals surface area contributed by atoms with Gasteiger partial charge >= 0.3 is 0 Å². The van der Waals surface area contributed by atoms with Crippen molar-refractivity contribution in [2.75, 3.05) is 0 Å². The van der Waals surface area contributed by atoms with Crippen molar-refractivity contribution in [1.82, 2.24) is 0 Å². The summed E-state index contributed by atoms with van der Waals surface area (Å²) in [5.41, 5.74) is 6.61. The topological polar surface area (TPSA) is 35.2 Å². The minimum absolute atomic E-state index is 0.476. The molecule has 0 fully saturated rings. The van der Waals surface area contributed by atoms with Crippen molar-refractivity contribution in [2.24, 2.45) is 5.73 Å². The van der Waals surface area contributed by atoms with Crippen LogP contribution in [-0.2, 0) is 6.54 Å². The fourth-order valence-corrected chi connectivity index (χ4v) is 2.51. The molecule has 94 valence electrons. The van der Waals surface area contributed by atoms with E-state index in [-0.39, 0.29) is 0 Å². The SMILES string of the molecule is NCc1ccc(Oc2cc(Cl)cc(Cl)c2)cc1Br. The average molecular weight is 347 g/mol. The van der Waals surface area contributed by atoms with E-state index < -0.39 is 0 Å². The molecule has 0 saturated carbocycles. The zero-order valence-electron chi connectivity index (χ0n) is 9.29. The summed E-state index contributed by atoms with van der Waals surface area (Å²) >= 11 is 15.2. The van der Waals surface area contributed by atoms with Crippen molar-refractivity contribution in [3.63, 3.8) is 0 Å². The van der Waals surface area contributed by atoms with E-state index in [1.54, 1.807) is 18.2 Å². The summed E-state index contributed by atoms with van der Waals surface area (Å²) in [6.07, 6.45) is 0. The Kier molecular flexibility index (Phi) is 4.51. The highest BCUT2D eigenvalue weighted by atomic mass is 79.9. The van der Waals surface area contributed by atoms with Crippen LogP contribution in [0.25, 0.3) is 0 Å². The Morgan fingerprint density at radius 2 is 1.67 bits per heavy atom. The molecule has 0 bridgehead atoms. The Morgan fingerprint density at radius 1 is 1.00 bits per heavy atom. The molecule has 0 unspecified atom stereocenters. The van der Waals surface area contributed by atoms with Crippen LogP contribution >= 0.6 is 39.1 Å². The second-order valence-electron chi connectivity index (χ2n) is 3.66. The molecule has 0 saturated heterocycles. The first-order valence-corrected chi connectivity index (χ1v) is 6.76. The quantitative estimate of drug-likeness (QED) is 0.848. The number of hydrogen-bond acceptors (Lipinski definition) is 2. The van der Waals surface area contributed by atoms with Gasteiger partial charge in [-0.3, -0.25) is 0 Å². The first-order chi connectivity index (χ1) is 8.58. The highest BCUT2D eigenvalue weighted by Crippen LogP contribution is 2.30. The zero-order chi connectivity index (χ0) is 13.1. The van der Waals surface area contributed by atoms with Crippen molar-refractivity contribution < 1.29 is 4.74 Å². The number of nitrogens with two attached hydrogens (primary N) is 1. The van der Waals surface area contributed by atoms with E-state index in [1.165, 1.54) is 0 Å². The lowest BCUT2D eigenvalue weighted by Crippen LogP contribution is -1.97. The van der Waals surface area contributed by atoms with E-state index >= 15 is 0 Å². The molecule has 0 heterocycles. The fraction of sp³-hybridized carbons (Fsp3) is 0.0769. The summed E-state index contributed by atoms with van der Waals surface area (Å²) in [4.78, 5) is 0. The van der Waals surface area contributed by atoms with Gasteiger partial charge in [-0.05, 0) is 35.9 Å². The minimum Gasteiger partial charge on any atom is -0.457 e. The van der Waals surface area contributed by atoms with Crippen LogP contribution in [0.4, 0.5) is 0 Å². The molecule has 18 heavy (non-hydrogen) atoms. The summed E-state index contributed by atoms with van der Waals surface area (Å²) in [5.74, 6) is 1.29. The fourth-order valence-electron chi connectivity index (χ4n) is 1.48. The number of halogens is 3. The average Bonchev–Trinajstić information content (AvgIpc) is 2.27. The van der Waals surface area contributed by atoms with Gasteiger partial charge in [-0.2, -0.15) is 0 Å². The Balaban J connectivity index is 2.25. The van der Waals surface area contributed by atoms with Crippen molar-refractivity contribution in [3.05, 3.63) is 56.5 Å². The van der Waals surface area contributed by atoms with Gasteiger partial charge in [-0.15, -0.1) is 0 Å². The van der Waals surface area contributed by atoms with Gasteiger partial charge in [0.05, 0.1) is 0 Å². The molecule has 0 aromatic heterocycles. The Hall–Kier alpha value is -0.740. The maximum atomic E-state index is 5.91. The summed E-state index contributed by atoms with van der Waals surface area (Å²) in [5, 5.41) is 1.07. The van der Waals surface area contributed by atoms with Gasteiger partial charge in [0, 0.05) is 21.1 Å². The summed E-state index contributed by atoms with van der Waals surface area (Å²) in [7, 11) is 0. The van der Waals surface area contributed by atoms with Gasteiger partial charge in [-0.25, -0.2) is 0 Å². The molecular formula is C13H10BrCl2NO. The molecule has 2 aromatic rings. The monoisotopic (exact) mass is 345 g/mol. The molecule has 0 aliphatic carbocycles. The summed E-state index contributed by atoms with van der Waals surface area (Å²) in [6, 6.07) is 10.7. The minimum atomic E-state index is 0.476. The van der Waals surface area contributed by atoms with Crippen LogP contribution in [0.15, 0.2) is 40.9 Å². The maximum absolute atomic E-state index is 5.91. The lowest BCUT2D eigenvalue weighted by Gasteiger charge is -2.09. The number of hydrogen-bond donors (Lipinski definition) is 1. The van der Waals surface area contributed by atoms with Crippen LogP contribution in [0.5, 0.6) is 11.5 Å². The third-order valence-electron chi connectivity index (χ3n) is 2.32. The lowest BCUT2D eigenvalue weighted by atomic mass is 10.2. The standard InChI is InChI=1S/C13H10BrCl2NO/c14-13-6-11(2-1-8(13)7-17)18-12-4-9(15)3-10(16)5-12/h1-6H,7,17H2. The molecule has 0 atom stereocenters. The number of benzene rings is 2. The second kappa shape index (κ2) is 5.93. The molecule has 2 aromatic carbocycles.